The van der Waals surface area contributed by atoms with Crippen LogP contribution in [-0.4, -0.2) is 0 Å². The number of rotatable bonds is 1. The monoisotopic (exact) mass is 226 g/mol. The van der Waals surface area contributed by atoms with E-state index in [-0.39, 0.29) is 0 Å². The van der Waals surface area contributed by atoms with Crippen molar-refractivity contribution in [1.29, 1.82) is 0 Å². The van der Waals surface area contributed by atoms with Gasteiger partial charge in [0.25, 0.3) is 0 Å². The van der Waals surface area contributed by atoms with Gasteiger partial charge in [-0.2, -0.15) is 0 Å². The molecule has 1 aliphatic rings. The quantitative estimate of drug-likeness (QED) is 0.568. The van der Waals surface area contributed by atoms with E-state index in [9.17, 15) is 0 Å². The standard InChI is InChI=1S/C9H11BrN2/c10-7-2-3-8-6(5-7)1-4-9(8)12-11/h2-3,5,9,12H,1,4,11H2. The van der Waals surface area contributed by atoms with E-state index < -0.39 is 0 Å². The molecule has 0 radical (unpaired) electrons. The van der Waals surface area contributed by atoms with E-state index in [0.29, 0.717) is 6.04 Å². The summed E-state index contributed by atoms with van der Waals surface area (Å²) in [5.74, 6) is 5.42. The van der Waals surface area contributed by atoms with Crippen LogP contribution >= 0.6 is 15.9 Å². The molecular weight excluding hydrogens is 216 g/mol. The predicted molar refractivity (Wildman–Crippen MR) is 52.5 cm³/mol. The summed E-state index contributed by atoms with van der Waals surface area (Å²) < 4.78 is 1.15. The highest BCUT2D eigenvalue weighted by molar-refractivity contribution is 9.10. The maximum absolute atomic E-state index is 5.42. The molecule has 0 aliphatic heterocycles. The van der Waals surface area contributed by atoms with Crippen molar-refractivity contribution in [3.05, 3.63) is 33.8 Å². The highest BCUT2D eigenvalue weighted by Gasteiger charge is 2.20. The molecule has 2 rings (SSSR count). The number of nitrogens with one attached hydrogen (secondary N) is 1. The van der Waals surface area contributed by atoms with Gasteiger partial charge in [-0.25, -0.2) is 0 Å². The van der Waals surface area contributed by atoms with Gasteiger partial charge in [0.2, 0.25) is 0 Å². The molecule has 1 aromatic carbocycles. The number of benzene rings is 1. The van der Waals surface area contributed by atoms with E-state index in [2.05, 4.69) is 39.6 Å². The van der Waals surface area contributed by atoms with Gasteiger partial charge in [-0.05, 0) is 36.1 Å². The lowest BCUT2D eigenvalue weighted by Crippen LogP contribution is -2.26. The Hall–Kier alpha value is -0.380. The van der Waals surface area contributed by atoms with Crippen LogP contribution in [0.2, 0.25) is 0 Å². The van der Waals surface area contributed by atoms with E-state index in [1.54, 1.807) is 0 Å². The molecule has 2 nitrogen and oxygen atoms in total. The molecule has 1 aliphatic carbocycles. The minimum Gasteiger partial charge on any atom is -0.271 e. The SMILES string of the molecule is NNC1CCc2cc(Br)ccc21. The van der Waals surface area contributed by atoms with Gasteiger partial charge in [0.05, 0.1) is 0 Å². The molecule has 3 N–H and O–H groups in total. The molecule has 0 heterocycles. The number of aryl methyl sites for hydroxylation is 1. The molecule has 0 spiro atoms. The van der Waals surface area contributed by atoms with Crippen LogP contribution in [0, 0.1) is 0 Å². The molecule has 0 fully saturated rings. The molecule has 1 unspecified atom stereocenters. The number of hydrogen-bond donors (Lipinski definition) is 2. The Morgan fingerprint density at radius 3 is 3.08 bits per heavy atom. The zero-order chi connectivity index (χ0) is 8.55. The summed E-state index contributed by atoms with van der Waals surface area (Å²) in [5.41, 5.74) is 5.58. The van der Waals surface area contributed by atoms with Crippen molar-refractivity contribution < 1.29 is 0 Å². The van der Waals surface area contributed by atoms with Crippen LogP contribution in [0.4, 0.5) is 0 Å². The first kappa shape index (κ1) is 8.23. The van der Waals surface area contributed by atoms with Crippen molar-refractivity contribution in [1.82, 2.24) is 5.43 Å². The summed E-state index contributed by atoms with van der Waals surface area (Å²) in [6.07, 6.45) is 2.24. The van der Waals surface area contributed by atoms with Crippen molar-refractivity contribution in [2.24, 2.45) is 5.84 Å². The van der Waals surface area contributed by atoms with Crippen LogP contribution in [-0.2, 0) is 6.42 Å². The van der Waals surface area contributed by atoms with E-state index in [4.69, 9.17) is 5.84 Å². The van der Waals surface area contributed by atoms with Crippen molar-refractivity contribution >= 4 is 15.9 Å². The molecule has 0 aromatic heterocycles. The van der Waals surface area contributed by atoms with Gasteiger partial charge in [-0.15, -0.1) is 0 Å². The maximum Gasteiger partial charge on any atom is 0.0465 e. The Balaban J connectivity index is 2.40. The molecule has 64 valence electrons. The summed E-state index contributed by atoms with van der Waals surface area (Å²) in [4.78, 5) is 0. The fourth-order valence-electron chi connectivity index (χ4n) is 1.76. The van der Waals surface area contributed by atoms with Crippen molar-refractivity contribution in [2.45, 2.75) is 18.9 Å². The fourth-order valence-corrected chi connectivity index (χ4v) is 2.17. The van der Waals surface area contributed by atoms with E-state index >= 15 is 0 Å². The van der Waals surface area contributed by atoms with Gasteiger partial charge in [0.1, 0.15) is 0 Å². The number of hydrogen-bond acceptors (Lipinski definition) is 2. The number of hydrazine groups is 1. The second-order valence-electron chi connectivity index (χ2n) is 3.10. The molecule has 0 saturated carbocycles. The second-order valence-corrected chi connectivity index (χ2v) is 4.02. The van der Waals surface area contributed by atoms with Gasteiger partial charge in [0, 0.05) is 10.5 Å². The van der Waals surface area contributed by atoms with Gasteiger partial charge < -0.3 is 0 Å². The molecule has 0 amide bonds. The van der Waals surface area contributed by atoms with Crippen LogP contribution in [0.5, 0.6) is 0 Å². The molecule has 12 heavy (non-hydrogen) atoms. The van der Waals surface area contributed by atoms with Crippen molar-refractivity contribution in [3.63, 3.8) is 0 Å². The first-order valence-corrected chi connectivity index (χ1v) is 4.85. The summed E-state index contributed by atoms with van der Waals surface area (Å²) in [6, 6.07) is 6.73. The Bertz CT molecular complexity index is 299. The summed E-state index contributed by atoms with van der Waals surface area (Å²) in [6.45, 7) is 0. The first-order valence-electron chi connectivity index (χ1n) is 4.05. The largest absolute Gasteiger partial charge is 0.271 e. The van der Waals surface area contributed by atoms with Crippen molar-refractivity contribution in [2.75, 3.05) is 0 Å². The third kappa shape index (κ3) is 1.28. The van der Waals surface area contributed by atoms with Gasteiger partial charge in [-0.1, -0.05) is 22.0 Å². The predicted octanol–water partition coefficient (Wildman–Crippen LogP) is 1.90. The third-order valence-electron chi connectivity index (χ3n) is 2.38. The van der Waals surface area contributed by atoms with Crippen LogP contribution in [0.25, 0.3) is 0 Å². The zero-order valence-electron chi connectivity index (χ0n) is 6.68. The Kier molecular flexibility index (Phi) is 2.17. The van der Waals surface area contributed by atoms with Gasteiger partial charge in [0.15, 0.2) is 0 Å². The molecular formula is C9H11BrN2. The molecule has 0 bridgehead atoms. The number of nitrogens with two attached hydrogens (primary N) is 1. The van der Waals surface area contributed by atoms with Crippen molar-refractivity contribution in [3.8, 4) is 0 Å². The lowest BCUT2D eigenvalue weighted by molar-refractivity contribution is 0.551. The van der Waals surface area contributed by atoms with E-state index in [1.165, 1.54) is 11.1 Å². The highest BCUT2D eigenvalue weighted by atomic mass is 79.9. The summed E-state index contributed by atoms with van der Waals surface area (Å²) >= 11 is 3.46. The average molecular weight is 227 g/mol. The Morgan fingerprint density at radius 2 is 2.33 bits per heavy atom. The molecule has 0 saturated heterocycles. The minimum atomic E-state index is 0.355. The van der Waals surface area contributed by atoms with Crippen LogP contribution in [0.15, 0.2) is 22.7 Å². The van der Waals surface area contributed by atoms with E-state index in [0.717, 1.165) is 17.3 Å². The Morgan fingerprint density at radius 1 is 1.50 bits per heavy atom. The lowest BCUT2D eigenvalue weighted by Gasteiger charge is -2.08. The zero-order valence-corrected chi connectivity index (χ0v) is 8.26. The number of fused-ring (bicyclic) bond motifs is 1. The third-order valence-corrected chi connectivity index (χ3v) is 2.88. The lowest BCUT2D eigenvalue weighted by atomic mass is 10.1. The topological polar surface area (TPSA) is 38.0 Å². The second kappa shape index (κ2) is 3.17. The van der Waals surface area contributed by atoms with Gasteiger partial charge >= 0.3 is 0 Å². The van der Waals surface area contributed by atoms with Crippen LogP contribution in [0.3, 0.4) is 0 Å². The number of halogens is 1. The van der Waals surface area contributed by atoms with Crippen LogP contribution in [0.1, 0.15) is 23.6 Å². The summed E-state index contributed by atoms with van der Waals surface area (Å²) in [5, 5.41) is 0. The molecule has 3 heteroatoms. The normalized spacial score (nSPS) is 21.0. The minimum absolute atomic E-state index is 0.355. The van der Waals surface area contributed by atoms with Gasteiger partial charge in [-0.3, -0.25) is 11.3 Å². The Labute approximate surface area is 80.2 Å². The smallest absolute Gasteiger partial charge is 0.0465 e. The summed E-state index contributed by atoms with van der Waals surface area (Å²) in [7, 11) is 0. The fraction of sp³-hybridized carbons (Fsp3) is 0.333. The molecule has 1 aromatic rings. The van der Waals surface area contributed by atoms with Crippen LogP contribution < -0.4 is 11.3 Å². The average Bonchev–Trinajstić information content (AvgIpc) is 2.46. The van der Waals surface area contributed by atoms with E-state index in [1.807, 2.05) is 0 Å². The first-order chi connectivity index (χ1) is 5.81. The highest BCUT2D eigenvalue weighted by Crippen LogP contribution is 2.32. The molecule has 1 atom stereocenters. The maximum atomic E-state index is 5.42.